The molecule has 0 aliphatic heterocycles. The van der Waals surface area contributed by atoms with Gasteiger partial charge in [0.2, 0.25) is 0 Å². The van der Waals surface area contributed by atoms with E-state index in [9.17, 15) is 4.79 Å². The molecule has 0 radical (unpaired) electrons. The zero-order chi connectivity index (χ0) is 8.81. The zero-order valence-electron chi connectivity index (χ0n) is 6.56. The molecular formula is C9H10O3. The first-order valence-electron chi connectivity index (χ1n) is 3.62. The standard InChI is InChI=1S/C9H10O3/c10-9(11)7-12-6-8-4-2-1-3-5-8/h1-5H,6-7H2,(H,10,11)/i7+1,9+1. The van der Waals surface area contributed by atoms with Crippen LogP contribution in [0.5, 0.6) is 0 Å². The van der Waals surface area contributed by atoms with Crippen LogP contribution in [0.25, 0.3) is 0 Å². The predicted octanol–water partition coefficient (Wildman–Crippen LogP) is 1.29. The number of carboxylic acid groups (broad SMARTS) is 1. The van der Waals surface area contributed by atoms with Gasteiger partial charge >= 0.3 is 5.97 Å². The van der Waals surface area contributed by atoms with Crippen molar-refractivity contribution in [2.24, 2.45) is 0 Å². The van der Waals surface area contributed by atoms with Crippen LogP contribution < -0.4 is 0 Å². The summed E-state index contributed by atoms with van der Waals surface area (Å²) in [4.78, 5) is 10.1. The van der Waals surface area contributed by atoms with Gasteiger partial charge in [0.1, 0.15) is 6.61 Å². The Hall–Kier alpha value is -1.35. The Balaban J connectivity index is 2.29. The number of benzene rings is 1. The fourth-order valence-electron chi connectivity index (χ4n) is 0.830. The highest BCUT2D eigenvalue weighted by atomic mass is 16.6. The van der Waals surface area contributed by atoms with E-state index >= 15 is 0 Å². The summed E-state index contributed by atoms with van der Waals surface area (Å²) in [6.07, 6.45) is 0. The lowest BCUT2D eigenvalue weighted by molar-refractivity contribution is -0.142. The van der Waals surface area contributed by atoms with Crippen molar-refractivity contribution in [1.82, 2.24) is 0 Å². The minimum atomic E-state index is -0.939. The second-order valence-electron chi connectivity index (χ2n) is 2.37. The number of aliphatic carboxylic acids is 1. The van der Waals surface area contributed by atoms with Gasteiger partial charge < -0.3 is 9.84 Å². The predicted molar refractivity (Wildman–Crippen MR) is 43.7 cm³/mol. The molecule has 1 aromatic carbocycles. The average molecular weight is 168 g/mol. The topological polar surface area (TPSA) is 46.5 Å². The second-order valence-corrected chi connectivity index (χ2v) is 2.37. The highest BCUT2D eigenvalue weighted by Crippen LogP contribution is 1.99. The van der Waals surface area contributed by atoms with E-state index in [2.05, 4.69) is 0 Å². The summed E-state index contributed by atoms with van der Waals surface area (Å²) in [6, 6.07) is 9.46. The molecule has 0 atom stereocenters. The molecule has 12 heavy (non-hydrogen) atoms. The molecule has 0 amide bonds. The van der Waals surface area contributed by atoms with Gasteiger partial charge in [-0.05, 0) is 5.56 Å². The van der Waals surface area contributed by atoms with Crippen LogP contribution in [-0.4, -0.2) is 17.7 Å². The first-order valence-corrected chi connectivity index (χ1v) is 3.62. The van der Waals surface area contributed by atoms with Crippen LogP contribution in [0.4, 0.5) is 0 Å². The van der Waals surface area contributed by atoms with Gasteiger partial charge in [-0.15, -0.1) is 0 Å². The smallest absolute Gasteiger partial charge is 0.329 e. The SMILES string of the molecule is O=[13C](O)[13CH2]OCc1ccccc1. The molecule has 0 spiro atoms. The van der Waals surface area contributed by atoms with Crippen molar-refractivity contribution < 1.29 is 14.6 Å². The molecule has 1 aromatic rings. The molecule has 0 aliphatic carbocycles. The van der Waals surface area contributed by atoms with Gasteiger partial charge in [-0.3, -0.25) is 0 Å². The molecule has 0 heterocycles. The molecule has 3 heteroatoms. The Morgan fingerprint density at radius 3 is 2.58 bits per heavy atom. The number of ether oxygens (including phenoxy) is 1. The van der Waals surface area contributed by atoms with Crippen LogP contribution >= 0.6 is 0 Å². The Labute approximate surface area is 70.6 Å². The number of carbonyl (C=O) groups is 1. The average Bonchev–Trinajstić information content (AvgIpc) is 2.05. The lowest BCUT2D eigenvalue weighted by Crippen LogP contribution is -2.06. The van der Waals surface area contributed by atoms with E-state index in [0.717, 1.165) is 5.56 Å². The summed E-state index contributed by atoms with van der Waals surface area (Å²) < 4.78 is 4.88. The highest BCUT2D eigenvalue weighted by Gasteiger charge is 1.96. The summed E-state index contributed by atoms with van der Waals surface area (Å²) in [5.41, 5.74) is 0.985. The van der Waals surface area contributed by atoms with Crippen LogP contribution in [0.15, 0.2) is 30.3 Å². The minimum Gasteiger partial charge on any atom is -0.480 e. The van der Waals surface area contributed by atoms with Crippen molar-refractivity contribution in [3.05, 3.63) is 35.9 Å². The molecular weight excluding hydrogens is 158 g/mol. The summed E-state index contributed by atoms with van der Waals surface area (Å²) in [6.45, 7) is 0.113. The van der Waals surface area contributed by atoms with Crippen molar-refractivity contribution in [3.63, 3.8) is 0 Å². The number of carboxylic acids is 1. The maximum atomic E-state index is 10.1. The zero-order valence-corrected chi connectivity index (χ0v) is 6.56. The van der Waals surface area contributed by atoms with E-state index in [-0.39, 0.29) is 6.61 Å². The maximum Gasteiger partial charge on any atom is 0.329 e. The molecule has 0 saturated heterocycles. The molecule has 0 unspecified atom stereocenters. The molecule has 0 aliphatic rings. The lowest BCUT2D eigenvalue weighted by atomic mass is 10.2. The van der Waals surface area contributed by atoms with Gasteiger partial charge in [0.05, 0.1) is 6.61 Å². The van der Waals surface area contributed by atoms with Crippen molar-refractivity contribution in [2.45, 2.75) is 6.61 Å². The Kier molecular flexibility index (Phi) is 3.29. The van der Waals surface area contributed by atoms with E-state index in [0.29, 0.717) is 6.61 Å². The fraction of sp³-hybridized carbons (Fsp3) is 0.222. The second kappa shape index (κ2) is 4.51. The van der Waals surface area contributed by atoms with Crippen molar-refractivity contribution >= 4 is 5.97 Å². The number of hydrogen-bond donors (Lipinski definition) is 1. The van der Waals surface area contributed by atoms with Crippen molar-refractivity contribution in [3.8, 4) is 0 Å². The third kappa shape index (κ3) is 3.16. The summed E-state index contributed by atoms with van der Waals surface area (Å²) in [7, 11) is 0. The molecule has 0 fully saturated rings. The normalized spacial score (nSPS) is 9.67. The van der Waals surface area contributed by atoms with Crippen LogP contribution in [0.1, 0.15) is 5.56 Å². The van der Waals surface area contributed by atoms with Crippen LogP contribution in [0.3, 0.4) is 0 Å². The van der Waals surface area contributed by atoms with Crippen LogP contribution in [0.2, 0.25) is 0 Å². The third-order valence-corrected chi connectivity index (χ3v) is 1.34. The van der Waals surface area contributed by atoms with E-state index in [1.54, 1.807) is 0 Å². The van der Waals surface area contributed by atoms with Gasteiger partial charge in [0.15, 0.2) is 0 Å². The summed E-state index contributed by atoms with van der Waals surface area (Å²) in [5.74, 6) is -0.939. The quantitative estimate of drug-likeness (QED) is 0.689. The molecule has 0 aromatic heterocycles. The van der Waals surface area contributed by atoms with E-state index in [1.165, 1.54) is 0 Å². The lowest BCUT2D eigenvalue weighted by Gasteiger charge is -1.99. The molecule has 1 N–H and O–H groups in total. The highest BCUT2D eigenvalue weighted by molar-refractivity contribution is 5.67. The molecule has 0 saturated carbocycles. The van der Waals surface area contributed by atoms with Gasteiger partial charge in [0, 0.05) is 0 Å². The Morgan fingerprint density at radius 2 is 2.00 bits per heavy atom. The number of rotatable bonds is 4. The van der Waals surface area contributed by atoms with Crippen molar-refractivity contribution in [2.75, 3.05) is 6.61 Å². The van der Waals surface area contributed by atoms with Gasteiger partial charge in [-0.25, -0.2) is 4.79 Å². The Morgan fingerprint density at radius 1 is 1.33 bits per heavy atom. The van der Waals surface area contributed by atoms with Crippen LogP contribution in [-0.2, 0) is 16.1 Å². The van der Waals surface area contributed by atoms with Gasteiger partial charge in [0.25, 0.3) is 0 Å². The van der Waals surface area contributed by atoms with E-state index < -0.39 is 5.97 Å². The van der Waals surface area contributed by atoms with E-state index in [1.807, 2.05) is 30.3 Å². The molecule has 0 bridgehead atoms. The first-order chi connectivity index (χ1) is 5.79. The summed E-state index contributed by atoms with van der Waals surface area (Å²) in [5, 5.41) is 8.27. The number of hydrogen-bond acceptors (Lipinski definition) is 2. The molecule has 64 valence electrons. The third-order valence-electron chi connectivity index (χ3n) is 1.34. The fourth-order valence-corrected chi connectivity index (χ4v) is 0.830. The first kappa shape index (κ1) is 8.74. The molecule has 1 rings (SSSR count). The minimum absolute atomic E-state index is 0.241. The maximum absolute atomic E-state index is 10.1. The molecule has 3 nitrogen and oxygen atoms in total. The summed E-state index contributed by atoms with van der Waals surface area (Å²) >= 11 is 0. The van der Waals surface area contributed by atoms with Gasteiger partial charge in [-0.2, -0.15) is 0 Å². The van der Waals surface area contributed by atoms with E-state index in [4.69, 9.17) is 9.84 Å². The Bertz CT molecular complexity index is 243. The largest absolute Gasteiger partial charge is 0.480 e. The monoisotopic (exact) mass is 168 g/mol. The van der Waals surface area contributed by atoms with Crippen LogP contribution in [0, 0.1) is 0 Å². The van der Waals surface area contributed by atoms with Gasteiger partial charge in [-0.1, -0.05) is 30.3 Å². The van der Waals surface area contributed by atoms with Crippen molar-refractivity contribution in [1.29, 1.82) is 0 Å².